The van der Waals surface area contributed by atoms with E-state index in [9.17, 15) is 19.2 Å². The maximum absolute atomic E-state index is 12.6. The molecule has 0 saturated heterocycles. The molecule has 4 rings (SSSR count). The van der Waals surface area contributed by atoms with Crippen molar-refractivity contribution in [2.24, 2.45) is 0 Å². The lowest BCUT2D eigenvalue weighted by Gasteiger charge is -2.13. The van der Waals surface area contributed by atoms with Crippen molar-refractivity contribution in [1.29, 1.82) is 0 Å². The SMILES string of the molecule is COC(=O)c1nc(NC(=O)C[C@H]2NC(=O)c3ccccc3NC2=O)sc1-c1ccccc1. The molecule has 0 fully saturated rings. The van der Waals surface area contributed by atoms with E-state index in [0.29, 0.717) is 16.1 Å². The summed E-state index contributed by atoms with van der Waals surface area (Å²) in [5.41, 5.74) is 1.53. The lowest BCUT2D eigenvalue weighted by Crippen LogP contribution is -2.43. The number of carbonyl (C=O) groups excluding carboxylic acids is 4. The van der Waals surface area contributed by atoms with Crippen molar-refractivity contribution in [3.05, 3.63) is 65.9 Å². The number of methoxy groups -OCH3 is 1. The Hall–Kier alpha value is -4.05. The van der Waals surface area contributed by atoms with Crippen LogP contribution < -0.4 is 16.0 Å². The fourth-order valence-electron chi connectivity index (χ4n) is 3.20. The van der Waals surface area contributed by atoms with Crippen molar-refractivity contribution < 1.29 is 23.9 Å². The van der Waals surface area contributed by atoms with E-state index in [1.807, 2.05) is 30.3 Å². The summed E-state index contributed by atoms with van der Waals surface area (Å²) in [6, 6.07) is 14.6. The van der Waals surface area contributed by atoms with Crippen LogP contribution in [-0.4, -0.2) is 41.8 Å². The summed E-state index contributed by atoms with van der Waals surface area (Å²) in [6.07, 6.45) is -0.306. The van der Waals surface area contributed by atoms with Gasteiger partial charge >= 0.3 is 5.97 Å². The Morgan fingerprint density at radius 2 is 1.81 bits per heavy atom. The molecule has 10 heteroatoms. The molecule has 1 aliphatic heterocycles. The molecule has 0 bridgehead atoms. The van der Waals surface area contributed by atoms with Crippen LogP contribution in [0.3, 0.4) is 0 Å². The van der Waals surface area contributed by atoms with Crippen LogP contribution in [0.1, 0.15) is 27.3 Å². The summed E-state index contributed by atoms with van der Waals surface area (Å²) >= 11 is 1.11. The Morgan fingerprint density at radius 1 is 1.09 bits per heavy atom. The number of anilines is 2. The van der Waals surface area contributed by atoms with Gasteiger partial charge in [-0.1, -0.05) is 53.8 Å². The highest BCUT2D eigenvalue weighted by molar-refractivity contribution is 7.19. The molecule has 1 atom stereocenters. The topological polar surface area (TPSA) is 126 Å². The number of aromatic nitrogens is 1. The van der Waals surface area contributed by atoms with Crippen molar-refractivity contribution in [1.82, 2.24) is 10.3 Å². The minimum Gasteiger partial charge on any atom is -0.464 e. The lowest BCUT2D eigenvalue weighted by molar-refractivity contribution is -0.122. The third-order valence-electron chi connectivity index (χ3n) is 4.73. The average molecular weight is 450 g/mol. The van der Waals surface area contributed by atoms with Crippen LogP contribution in [-0.2, 0) is 14.3 Å². The van der Waals surface area contributed by atoms with Crippen LogP contribution in [0.15, 0.2) is 54.6 Å². The molecule has 9 nitrogen and oxygen atoms in total. The Labute approximate surface area is 186 Å². The minimum atomic E-state index is -1.07. The van der Waals surface area contributed by atoms with Gasteiger partial charge in [-0.15, -0.1) is 0 Å². The highest BCUT2D eigenvalue weighted by atomic mass is 32.1. The summed E-state index contributed by atoms with van der Waals surface area (Å²) in [7, 11) is 1.25. The lowest BCUT2D eigenvalue weighted by atomic mass is 10.1. The van der Waals surface area contributed by atoms with Gasteiger partial charge in [0.25, 0.3) is 5.91 Å². The number of benzene rings is 2. The van der Waals surface area contributed by atoms with Gasteiger partial charge in [0.05, 0.1) is 29.7 Å². The number of nitrogens with zero attached hydrogens (tertiary/aromatic N) is 1. The first kappa shape index (κ1) is 21.2. The summed E-state index contributed by atoms with van der Waals surface area (Å²) in [6.45, 7) is 0. The largest absolute Gasteiger partial charge is 0.464 e. The zero-order chi connectivity index (χ0) is 22.7. The molecular formula is C22H18N4O5S. The second-order valence-corrected chi connectivity index (χ2v) is 7.87. The maximum atomic E-state index is 12.6. The monoisotopic (exact) mass is 450 g/mol. The van der Waals surface area contributed by atoms with Gasteiger partial charge in [0.15, 0.2) is 10.8 Å². The number of rotatable bonds is 5. The molecule has 0 saturated carbocycles. The molecular weight excluding hydrogens is 432 g/mol. The average Bonchev–Trinajstić information content (AvgIpc) is 3.17. The van der Waals surface area contributed by atoms with E-state index in [0.717, 1.165) is 16.9 Å². The predicted octanol–water partition coefficient (Wildman–Crippen LogP) is 2.68. The number of hydrogen-bond acceptors (Lipinski definition) is 7. The molecule has 3 amide bonds. The van der Waals surface area contributed by atoms with Crippen molar-refractivity contribution in [2.45, 2.75) is 12.5 Å². The van der Waals surface area contributed by atoms with E-state index >= 15 is 0 Å². The quantitative estimate of drug-likeness (QED) is 0.513. The van der Waals surface area contributed by atoms with E-state index in [4.69, 9.17) is 4.74 Å². The molecule has 2 aromatic carbocycles. The van der Waals surface area contributed by atoms with E-state index in [1.165, 1.54) is 7.11 Å². The number of nitrogens with one attached hydrogen (secondary N) is 3. The molecule has 3 aromatic rings. The minimum absolute atomic E-state index is 0.0787. The molecule has 0 aliphatic carbocycles. The Bertz CT molecular complexity index is 1210. The van der Waals surface area contributed by atoms with Crippen molar-refractivity contribution >= 4 is 45.8 Å². The van der Waals surface area contributed by atoms with E-state index in [-0.39, 0.29) is 17.2 Å². The van der Waals surface area contributed by atoms with Gasteiger partial charge in [-0.2, -0.15) is 0 Å². The first-order valence-electron chi connectivity index (χ1n) is 9.61. The fourth-order valence-corrected chi connectivity index (χ4v) is 4.18. The van der Waals surface area contributed by atoms with Gasteiger partial charge in [0.1, 0.15) is 6.04 Å². The van der Waals surface area contributed by atoms with Crippen LogP contribution in [0.2, 0.25) is 0 Å². The van der Waals surface area contributed by atoms with Gasteiger partial charge < -0.3 is 20.7 Å². The van der Waals surface area contributed by atoms with Crippen molar-refractivity contribution in [2.75, 3.05) is 17.7 Å². The number of fused-ring (bicyclic) bond motifs is 1. The van der Waals surface area contributed by atoms with Crippen LogP contribution >= 0.6 is 11.3 Å². The second-order valence-electron chi connectivity index (χ2n) is 6.87. The summed E-state index contributed by atoms with van der Waals surface area (Å²) in [5, 5.41) is 8.00. The van der Waals surface area contributed by atoms with Crippen LogP contribution in [0.4, 0.5) is 10.8 Å². The van der Waals surface area contributed by atoms with E-state index < -0.39 is 29.7 Å². The van der Waals surface area contributed by atoms with Crippen LogP contribution in [0, 0.1) is 0 Å². The smallest absolute Gasteiger partial charge is 0.358 e. The fraction of sp³-hybridized carbons (Fsp3) is 0.136. The number of thiazole rings is 1. The molecule has 1 aliphatic rings. The van der Waals surface area contributed by atoms with Crippen molar-refractivity contribution in [3.8, 4) is 10.4 Å². The standard InChI is InChI=1S/C22H18N4O5S/c1-31-21(30)17-18(12-7-3-2-4-8-12)32-22(26-17)25-16(27)11-15-20(29)23-14-10-6-5-9-13(14)19(28)24-15/h2-10,15H,11H2,1H3,(H,23,29)(H,24,28)(H,25,26,27)/t15-/m1/s1. The first-order chi connectivity index (χ1) is 15.5. The number of para-hydroxylation sites is 1. The van der Waals surface area contributed by atoms with E-state index in [2.05, 4.69) is 20.9 Å². The number of carbonyl (C=O) groups is 4. The summed E-state index contributed by atoms with van der Waals surface area (Å²) in [4.78, 5) is 54.4. The highest BCUT2D eigenvalue weighted by Crippen LogP contribution is 2.33. The van der Waals surface area contributed by atoms with Gasteiger partial charge in [-0.25, -0.2) is 9.78 Å². The zero-order valence-electron chi connectivity index (χ0n) is 16.9. The number of amides is 3. The van der Waals surface area contributed by atoms with Gasteiger partial charge in [-0.3, -0.25) is 14.4 Å². The van der Waals surface area contributed by atoms with Crippen molar-refractivity contribution in [3.63, 3.8) is 0 Å². The maximum Gasteiger partial charge on any atom is 0.358 e. The summed E-state index contributed by atoms with van der Waals surface area (Å²) in [5.74, 6) is -2.13. The summed E-state index contributed by atoms with van der Waals surface area (Å²) < 4.78 is 4.80. The Balaban J connectivity index is 1.51. The normalized spacial score (nSPS) is 15.1. The molecule has 3 N–H and O–H groups in total. The van der Waals surface area contributed by atoms with Gasteiger partial charge in [-0.05, 0) is 17.7 Å². The van der Waals surface area contributed by atoms with Gasteiger partial charge in [0, 0.05) is 0 Å². The van der Waals surface area contributed by atoms with E-state index in [1.54, 1.807) is 24.3 Å². The molecule has 1 aromatic heterocycles. The number of esters is 1. The Morgan fingerprint density at radius 3 is 2.56 bits per heavy atom. The second kappa shape index (κ2) is 8.98. The molecule has 162 valence electrons. The third-order valence-corrected chi connectivity index (χ3v) is 5.75. The van der Waals surface area contributed by atoms with Gasteiger partial charge in [0.2, 0.25) is 11.8 Å². The molecule has 0 spiro atoms. The molecule has 0 radical (unpaired) electrons. The zero-order valence-corrected chi connectivity index (χ0v) is 17.7. The predicted molar refractivity (Wildman–Crippen MR) is 118 cm³/mol. The third kappa shape index (κ3) is 4.35. The molecule has 32 heavy (non-hydrogen) atoms. The number of ether oxygens (including phenoxy) is 1. The molecule has 2 heterocycles. The highest BCUT2D eigenvalue weighted by Gasteiger charge is 2.30. The Kier molecular flexibility index (Phi) is 5.95. The first-order valence-corrected chi connectivity index (χ1v) is 10.4. The van der Waals surface area contributed by atoms with Crippen LogP contribution in [0.25, 0.3) is 10.4 Å². The molecule has 0 unspecified atom stereocenters. The van der Waals surface area contributed by atoms with Crippen LogP contribution in [0.5, 0.6) is 0 Å². The number of hydrogen-bond donors (Lipinski definition) is 3.